The molecule has 0 spiro atoms. The average molecular weight is 225 g/mol. The molecule has 0 saturated carbocycles. The summed E-state index contributed by atoms with van der Waals surface area (Å²) >= 11 is 0. The van der Waals surface area contributed by atoms with E-state index in [9.17, 15) is 9.59 Å². The summed E-state index contributed by atoms with van der Waals surface area (Å²) in [5.41, 5.74) is 4.57. The number of H-pyrrole nitrogens is 2. The topological polar surface area (TPSA) is 108 Å². The van der Waals surface area contributed by atoms with Crippen LogP contribution in [0.1, 0.15) is 12.8 Å². The van der Waals surface area contributed by atoms with Crippen LogP contribution in [0.4, 0.5) is 5.82 Å². The number of piperidine rings is 1. The molecule has 0 aliphatic carbocycles. The predicted octanol–water partition coefficient (Wildman–Crippen LogP) is -1.37. The molecule has 88 valence electrons. The molecule has 0 radical (unpaired) electrons. The highest BCUT2D eigenvalue weighted by Crippen LogP contribution is 2.17. The molecule has 1 aromatic rings. The maximum absolute atomic E-state index is 11.5. The van der Waals surface area contributed by atoms with E-state index in [0.29, 0.717) is 12.5 Å². The van der Waals surface area contributed by atoms with E-state index >= 15 is 0 Å². The third-order valence-corrected chi connectivity index (χ3v) is 2.94. The summed E-state index contributed by atoms with van der Waals surface area (Å²) in [5, 5.41) is 6.00. The molecule has 7 nitrogen and oxygen atoms in total. The van der Waals surface area contributed by atoms with E-state index in [-0.39, 0.29) is 5.82 Å². The predicted molar refractivity (Wildman–Crippen MR) is 59.5 cm³/mol. The van der Waals surface area contributed by atoms with Crippen LogP contribution in [0.2, 0.25) is 0 Å². The minimum absolute atomic E-state index is 0.287. The van der Waals surface area contributed by atoms with Gasteiger partial charge in [-0.3, -0.25) is 9.78 Å². The lowest BCUT2D eigenvalue weighted by molar-refractivity contribution is 0.411. The lowest BCUT2D eigenvalue weighted by Gasteiger charge is -2.31. The third kappa shape index (κ3) is 2.13. The van der Waals surface area contributed by atoms with Crippen LogP contribution in [0.3, 0.4) is 0 Å². The number of nitrogens with one attached hydrogen (secondary N) is 2. The number of hydrogen-bond acceptors (Lipinski definition) is 5. The molecule has 1 saturated heterocycles. The molecule has 4 N–H and O–H groups in total. The van der Waals surface area contributed by atoms with Gasteiger partial charge in [0, 0.05) is 13.1 Å². The first kappa shape index (κ1) is 10.9. The Balaban J connectivity index is 2.14. The number of hydrogen-bond donors (Lipinski definition) is 3. The molecule has 2 heterocycles. The molecule has 1 fully saturated rings. The molecular weight excluding hydrogens is 210 g/mol. The Morgan fingerprint density at radius 1 is 1.38 bits per heavy atom. The van der Waals surface area contributed by atoms with Gasteiger partial charge in [-0.2, -0.15) is 0 Å². The zero-order chi connectivity index (χ0) is 11.5. The number of nitrogens with zero attached hydrogens (tertiary/aromatic N) is 2. The lowest BCUT2D eigenvalue weighted by Crippen LogP contribution is -2.41. The van der Waals surface area contributed by atoms with Gasteiger partial charge in [0.1, 0.15) is 0 Å². The Labute approximate surface area is 91.7 Å². The maximum atomic E-state index is 11.5. The molecule has 7 heteroatoms. The van der Waals surface area contributed by atoms with Crippen LogP contribution >= 0.6 is 0 Å². The highest BCUT2D eigenvalue weighted by molar-refractivity contribution is 5.34. The monoisotopic (exact) mass is 225 g/mol. The van der Waals surface area contributed by atoms with Gasteiger partial charge in [-0.15, -0.1) is 5.10 Å². The Morgan fingerprint density at radius 3 is 2.62 bits per heavy atom. The molecule has 2 rings (SSSR count). The van der Waals surface area contributed by atoms with Crippen molar-refractivity contribution in [2.24, 2.45) is 11.7 Å². The molecule has 0 atom stereocenters. The Kier molecular flexibility index (Phi) is 3.04. The summed E-state index contributed by atoms with van der Waals surface area (Å²) in [6.45, 7) is 2.19. The van der Waals surface area contributed by atoms with Gasteiger partial charge in [0.25, 0.3) is 5.56 Å². The lowest BCUT2D eigenvalue weighted by atomic mass is 9.97. The van der Waals surface area contributed by atoms with Crippen molar-refractivity contribution in [1.29, 1.82) is 0 Å². The largest absolute Gasteiger partial charge is 0.351 e. The first-order valence-corrected chi connectivity index (χ1v) is 5.34. The molecule has 1 aromatic heterocycles. The molecule has 0 aromatic carbocycles. The standard InChI is InChI=1S/C9H15N5O2/c10-5-6-1-3-14(4-2-6)7-8(15)11-9(16)13-12-7/h6H,1-5,10H2,(H2,11,13,15,16). The van der Waals surface area contributed by atoms with Crippen LogP contribution in [0.15, 0.2) is 9.59 Å². The van der Waals surface area contributed by atoms with Crippen molar-refractivity contribution < 1.29 is 0 Å². The van der Waals surface area contributed by atoms with Gasteiger partial charge in [-0.05, 0) is 25.3 Å². The van der Waals surface area contributed by atoms with Crippen molar-refractivity contribution in [3.8, 4) is 0 Å². The van der Waals surface area contributed by atoms with Crippen molar-refractivity contribution in [2.75, 3.05) is 24.5 Å². The first-order chi connectivity index (χ1) is 7.70. The second-order valence-corrected chi connectivity index (χ2v) is 4.00. The Bertz CT molecular complexity index is 457. The molecular formula is C9H15N5O2. The van der Waals surface area contributed by atoms with Gasteiger partial charge in [0.05, 0.1) is 0 Å². The molecule has 1 aliphatic rings. The van der Waals surface area contributed by atoms with Gasteiger partial charge >= 0.3 is 5.69 Å². The van der Waals surface area contributed by atoms with E-state index in [1.165, 1.54) is 0 Å². The highest BCUT2D eigenvalue weighted by Gasteiger charge is 2.21. The number of aromatic nitrogens is 3. The SMILES string of the molecule is NCC1CCN(c2n[nH]c(=O)[nH]c2=O)CC1. The van der Waals surface area contributed by atoms with E-state index in [4.69, 9.17) is 5.73 Å². The normalized spacial score (nSPS) is 17.7. The maximum Gasteiger partial charge on any atom is 0.342 e. The van der Waals surface area contributed by atoms with Gasteiger partial charge < -0.3 is 10.6 Å². The summed E-state index contributed by atoms with van der Waals surface area (Å²) in [6, 6.07) is 0. The minimum Gasteiger partial charge on any atom is -0.351 e. The summed E-state index contributed by atoms with van der Waals surface area (Å²) < 4.78 is 0. The van der Waals surface area contributed by atoms with Gasteiger partial charge in [-0.1, -0.05) is 0 Å². The van der Waals surface area contributed by atoms with E-state index in [1.807, 2.05) is 4.90 Å². The highest BCUT2D eigenvalue weighted by atomic mass is 16.2. The fraction of sp³-hybridized carbons (Fsp3) is 0.667. The van der Waals surface area contributed by atoms with Crippen LogP contribution < -0.4 is 21.9 Å². The number of anilines is 1. The van der Waals surface area contributed by atoms with Crippen molar-refractivity contribution in [2.45, 2.75) is 12.8 Å². The fourth-order valence-corrected chi connectivity index (χ4v) is 1.94. The van der Waals surface area contributed by atoms with Crippen molar-refractivity contribution in [1.82, 2.24) is 15.2 Å². The Hall–Kier alpha value is -1.63. The zero-order valence-electron chi connectivity index (χ0n) is 8.90. The van der Waals surface area contributed by atoms with Crippen LogP contribution in [0.5, 0.6) is 0 Å². The van der Waals surface area contributed by atoms with Crippen molar-refractivity contribution in [3.05, 3.63) is 20.8 Å². The summed E-state index contributed by atoms with van der Waals surface area (Å²) in [7, 11) is 0. The molecule has 0 unspecified atom stereocenters. The van der Waals surface area contributed by atoms with Crippen LogP contribution in [0, 0.1) is 5.92 Å². The van der Waals surface area contributed by atoms with Crippen LogP contribution in [-0.2, 0) is 0 Å². The average Bonchev–Trinajstić information content (AvgIpc) is 2.29. The zero-order valence-corrected chi connectivity index (χ0v) is 8.90. The number of rotatable bonds is 2. The molecule has 1 aliphatic heterocycles. The van der Waals surface area contributed by atoms with Crippen LogP contribution in [0.25, 0.3) is 0 Å². The first-order valence-electron chi connectivity index (χ1n) is 5.34. The smallest absolute Gasteiger partial charge is 0.342 e. The van der Waals surface area contributed by atoms with Crippen molar-refractivity contribution in [3.63, 3.8) is 0 Å². The number of nitrogens with two attached hydrogens (primary N) is 1. The minimum atomic E-state index is -0.578. The second kappa shape index (κ2) is 4.48. The summed E-state index contributed by atoms with van der Waals surface area (Å²) in [5.74, 6) is 0.813. The van der Waals surface area contributed by atoms with E-state index in [2.05, 4.69) is 15.2 Å². The molecule has 0 bridgehead atoms. The van der Waals surface area contributed by atoms with Gasteiger partial charge in [0.15, 0.2) is 0 Å². The third-order valence-electron chi connectivity index (χ3n) is 2.94. The van der Waals surface area contributed by atoms with Gasteiger partial charge in [-0.25, -0.2) is 9.89 Å². The van der Waals surface area contributed by atoms with E-state index in [0.717, 1.165) is 25.9 Å². The molecule has 16 heavy (non-hydrogen) atoms. The van der Waals surface area contributed by atoms with Crippen molar-refractivity contribution >= 4 is 5.82 Å². The quantitative estimate of drug-likeness (QED) is 0.575. The van der Waals surface area contributed by atoms with Crippen LogP contribution in [-0.4, -0.2) is 34.8 Å². The Morgan fingerprint density at radius 2 is 2.06 bits per heavy atom. The fourth-order valence-electron chi connectivity index (χ4n) is 1.94. The summed E-state index contributed by atoms with van der Waals surface area (Å²) in [4.78, 5) is 26.3. The van der Waals surface area contributed by atoms with E-state index < -0.39 is 11.2 Å². The van der Waals surface area contributed by atoms with E-state index in [1.54, 1.807) is 0 Å². The summed E-state index contributed by atoms with van der Waals surface area (Å²) in [6.07, 6.45) is 1.91. The molecule has 0 amide bonds. The number of aromatic amines is 2. The second-order valence-electron chi connectivity index (χ2n) is 4.00. The van der Waals surface area contributed by atoms with Gasteiger partial charge in [0.2, 0.25) is 5.82 Å².